The van der Waals surface area contributed by atoms with E-state index in [9.17, 15) is 9.59 Å². The first-order valence-corrected chi connectivity index (χ1v) is 6.88. The van der Waals surface area contributed by atoms with Gasteiger partial charge in [0.2, 0.25) is 5.91 Å². The number of carboxylic acid groups (broad SMARTS) is 1. The van der Waals surface area contributed by atoms with Gasteiger partial charge in [-0.25, -0.2) is 4.79 Å². The molecule has 0 fully saturated rings. The molecule has 0 saturated heterocycles. The molecule has 1 aromatic rings. The molecule has 114 valence electrons. The fourth-order valence-electron chi connectivity index (χ4n) is 1.82. The number of nitrogens with zero attached hydrogens (tertiary/aromatic N) is 1. The Morgan fingerprint density at radius 1 is 1.43 bits per heavy atom. The van der Waals surface area contributed by atoms with Gasteiger partial charge in [-0.1, -0.05) is 17.7 Å². The zero-order chi connectivity index (χ0) is 16.0. The maximum absolute atomic E-state index is 11.8. The van der Waals surface area contributed by atoms with Crippen LogP contribution in [0.25, 0.3) is 6.08 Å². The van der Waals surface area contributed by atoms with Crippen molar-refractivity contribution in [2.24, 2.45) is 0 Å². The van der Waals surface area contributed by atoms with Gasteiger partial charge in [-0.2, -0.15) is 0 Å². The summed E-state index contributed by atoms with van der Waals surface area (Å²) in [6.07, 6.45) is 2.53. The van der Waals surface area contributed by atoms with E-state index in [2.05, 4.69) is 5.32 Å². The number of nitrogens with one attached hydrogen (secondary N) is 1. The van der Waals surface area contributed by atoms with Gasteiger partial charge < -0.3 is 15.3 Å². The third-order valence-corrected chi connectivity index (χ3v) is 2.87. The molecular weight excluding hydrogens is 292 g/mol. The molecule has 0 aliphatic rings. The smallest absolute Gasteiger partial charge is 0.328 e. The molecule has 0 unspecified atom stereocenters. The molecule has 2 N–H and O–H groups in total. The minimum Gasteiger partial charge on any atom is -0.478 e. The van der Waals surface area contributed by atoms with Crippen LogP contribution in [0.2, 0.25) is 5.02 Å². The second-order valence-corrected chi connectivity index (χ2v) is 5.39. The van der Waals surface area contributed by atoms with Gasteiger partial charge in [0.05, 0.1) is 6.54 Å². The maximum Gasteiger partial charge on any atom is 0.328 e. The monoisotopic (exact) mass is 310 g/mol. The number of hydrogen-bond acceptors (Lipinski definition) is 3. The van der Waals surface area contributed by atoms with Crippen molar-refractivity contribution in [3.05, 3.63) is 34.9 Å². The van der Waals surface area contributed by atoms with Crippen molar-refractivity contribution in [2.75, 3.05) is 18.5 Å². The van der Waals surface area contributed by atoms with Crippen molar-refractivity contribution in [3.63, 3.8) is 0 Å². The predicted molar refractivity (Wildman–Crippen MR) is 84.7 cm³/mol. The summed E-state index contributed by atoms with van der Waals surface area (Å²) < 4.78 is 0. The average molecular weight is 311 g/mol. The summed E-state index contributed by atoms with van der Waals surface area (Å²) >= 11 is 5.98. The molecule has 0 aliphatic heterocycles. The molecule has 1 rings (SSSR count). The van der Waals surface area contributed by atoms with Crippen molar-refractivity contribution in [3.8, 4) is 0 Å². The van der Waals surface area contributed by atoms with E-state index in [0.29, 0.717) is 16.3 Å². The van der Waals surface area contributed by atoms with E-state index in [1.807, 2.05) is 13.8 Å². The first-order chi connectivity index (χ1) is 9.79. The largest absolute Gasteiger partial charge is 0.478 e. The number of carbonyl (C=O) groups is 2. The third-order valence-electron chi connectivity index (χ3n) is 2.64. The fraction of sp³-hybridized carbons (Fsp3) is 0.333. The van der Waals surface area contributed by atoms with Crippen molar-refractivity contribution in [1.29, 1.82) is 0 Å². The summed E-state index contributed by atoms with van der Waals surface area (Å²) in [5.41, 5.74) is 1.38. The Kier molecular flexibility index (Phi) is 6.24. The second-order valence-electron chi connectivity index (χ2n) is 4.95. The lowest BCUT2D eigenvalue weighted by Crippen LogP contribution is -2.38. The standard InChI is InChI=1S/C15H19ClN2O3/c1-10(2)17-14(19)9-18(3)13-8-12(16)6-4-11(13)5-7-15(20)21/h4-8,10H,9H2,1-3H3,(H,17,19)(H,20,21)/b7-5+. The Bertz CT molecular complexity index is 556. The highest BCUT2D eigenvalue weighted by atomic mass is 35.5. The number of aliphatic carboxylic acids is 1. The Morgan fingerprint density at radius 3 is 2.67 bits per heavy atom. The van der Waals surface area contributed by atoms with Crippen molar-refractivity contribution >= 4 is 35.2 Å². The van der Waals surface area contributed by atoms with Gasteiger partial charge in [0, 0.05) is 29.9 Å². The Labute approximate surface area is 129 Å². The molecule has 0 heterocycles. The predicted octanol–water partition coefficient (Wildman–Crippen LogP) is 2.40. The Balaban J connectivity index is 2.96. The van der Waals surface area contributed by atoms with Crippen molar-refractivity contribution in [2.45, 2.75) is 19.9 Å². The van der Waals surface area contributed by atoms with Gasteiger partial charge in [0.1, 0.15) is 0 Å². The number of anilines is 1. The number of halogens is 1. The molecule has 0 atom stereocenters. The summed E-state index contributed by atoms with van der Waals surface area (Å²) in [4.78, 5) is 24.2. The molecule has 1 amide bonds. The SMILES string of the molecule is CC(C)NC(=O)CN(C)c1cc(Cl)ccc1/C=C/C(=O)O. The van der Waals surface area contributed by atoms with Crippen LogP contribution in [-0.2, 0) is 9.59 Å². The number of benzene rings is 1. The molecule has 0 radical (unpaired) electrons. The maximum atomic E-state index is 11.8. The van der Waals surface area contributed by atoms with Crippen LogP contribution in [0.5, 0.6) is 0 Å². The van der Waals surface area contributed by atoms with Crippen LogP contribution in [0.1, 0.15) is 19.4 Å². The quantitative estimate of drug-likeness (QED) is 0.792. The van der Waals surface area contributed by atoms with E-state index in [1.165, 1.54) is 6.08 Å². The van der Waals surface area contributed by atoms with Crippen LogP contribution >= 0.6 is 11.6 Å². The van der Waals surface area contributed by atoms with E-state index in [1.54, 1.807) is 30.1 Å². The van der Waals surface area contributed by atoms with Crippen LogP contribution in [0.3, 0.4) is 0 Å². The molecule has 5 nitrogen and oxygen atoms in total. The summed E-state index contributed by atoms with van der Waals surface area (Å²) in [7, 11) is 1.75. The van der Waals surface area contributed by atoms with Gasteiger partial charge in [0.15, 0.2) is 0 Å². The molecule has 0 bridgehead atoms. The Hall–Kier alpha value is -2.01. The lowest BCUT2D eigenvalue weighted by Gasteiger charge is -2.22. The minimum absolute atomic E-state index is 0.0663. The van der Waals surface area contributed by atoms with Crippen LogP contribution < -0.4 is 10.2 Å². The highest BCUT2D eigenvalue weighted by Crippen LogP contribution is 2.25. The number of amides is 1. The van der Waals surface area contributed by atoms with E-state index in [-0.39, 0.29) is 18.5 Å². The molecule has 0 spiro atoms. The zero-order valence-corrected chi connectivity index (χ0v) is 13.0. The number of hydrogen-bond donors (Lipinski definition) is 2. The minimum atomic E-state index is -1.03. The summed E-state index contributed by atoms with van der Waals surface area (Å²) in [6.45, 7) is 3.93. The molecule has 0 aromatic heterocycles. The van der Waals surface area contributed by atoms with Crippen LogP contribution in [-0.4, -0.2) is 36.6 Å². The fourth-order valence-corrected chi connectivity index (χ4v) is 1.98. The number of likely N-dealkylation sites (N-methyl/N-ethyl adjacent to an activating group) is 1. The highest BCUT2D eigenvalue weighted by Gasteiger charge is 2.11. The molecular formula is C15H19ClN2O3. The lowest BCUT2D eigenvalue weighted by atomic mass is 10.1. The summed E-state index contributed by atoms with van der Waals surface area (Å²) in [6, 6.07) is 5.16. The molecule has 6 heteroatoms. The Morgan fingerprint density at radius 2 is 2.10 bits per heavy atom. The van der Waals surface area contributed by atoms with Gasteiger partial charge in [0.25, 0.3) is 0 Å². The van der Waals surface area contributed by atoms with Crippen LogP contribution in [0, 0.1) is 0 Å². The van der Waals surface area contributed by atoms with Crippen molar-refractivity contribution < 1.29 is 14.7 Å². The normalized spacial score (nSPS) is 10.9. The van der Waals surface area contributed by atoms with Crippen molar-refractivity contribution in [1.82, 2.24) is 5.32 Å². The highest BCUT2D eigenvalue weighted by molar-refractivity contribution is 6.31. The van der Waals surface area contributed by atoms with E-state index >= 15 is 0 Å². The van der Waals surface area contributed by atoms with Gasteiger partial charge in [-0.05, 0) is 37.6 Å². The average Bonchev–Trinajstić information content (AvgIpc) is 2.35. The molecule has 0 saturated carbocycles. The van der Waals surface area contributed by atoms with Gasteiger partial charge >= 0.3 is 5.97 Å². The first-order valence-electron chi connectivity index (χ1n) is 6.50. The summed E-state index contributed by atoms with van der Waals surface area (Å²) in [5.74, 6) is -1.14. The number of carbonyl (C=O) groups excluding carboxylic acids is 1. The van der Waals surface area contributed by atoms with E-state index in [0.717, 1.165) is 6.08 Å². The van der Waals surface area contributed by atoms with E-state index in [4.69, 9.17) is 16.7 Å². The molecule has 1 aromatic carbocycles. The van der Waals surface area contributed by atoms with Crippen LogP contribution in [0.4, 0.5) is 5.69 Å². The van der Waals surface area contributed by atoms with Gasteiger partial charge in [-0.3, -0.25) is 4.79 Å². The lowest BCUT2D eigenvalue weighted by molar-refractivity contribution is -0.131. The molecule has 21 heavy (non-hydrogen) atoms. The zero-order valence-electron chi connectivity index (χ0n) is 12.3. The first kappa shape index (κ1) is 17.0. The number of rotatable bonds is 6. The molecule has 0 aliphatic carbocycles. The van der Waals surface area contributed by atoms with Crippen LogP contribution in [0.15, 0.2) is 24.3 Å². The summed E-state index contributed by atoms with van der Waals surface area (Å²) in [5, 5.41) is 12.0. The van der Waals surface area contributed by atoms with Gasteiger partial charge in [-0.15, -0.1) is 0 Å². The topological polar surface area (TPSA) is 69.6 Å². The van der Waals surface area contributed by atoms with E-state index < -0.39 is 5.97 Å². The number of carboxylic acids is 1. The third kappa shape index (κ3) is 5.87. The second kappa shape index (κ2) is 7.69.